The quantitative estimate of drug-likeness (QED) is 0.656. The number of hydrogen-bond acceptors (Lipinski definition) is 3. The molecule has 0 aromatic rings. The first-order chi connectivity index (χ1) is 7.27. The smallest absolute Gasteiger partial charge is 0.236 e. The molecule has 1 aliphatic heterocycles. The van der Waals surface area contributed by atoms with Crippen molar-refractivity contribution in [1.82, 2.24) is 10.2 Å². The Balaban J connectivity index is 2.25. The van der Waals surface area contributed by atoms with E-state index >= 15 is 0 Å². The van der Waals surface area contributed by atoms with Crippen molar-refractivity contribution in [3.8, 4) is 12.3 Å². The summed E-state index contributed by atoms with van der Waals surface area (Å²) in [4.78, 5) is 13.5. The van der Waals surface area contributed by atoms with Crippen LogP contribution in [0.3, 0.4) is 0 Å². The van der Waals surface area contributed by atoms with Gasteiger partial charge in [-0.1, -0.05) is 12.8 Å². The molecule has 0 spiro atoms. The Morgan fingerprint density at radius 3 is 2.80 bits per heavy atom. The first kappa shape index (κ1) is 12.0. The Labute approximate surface area is 91.0 Å². The van der Waals surface area contributed by atoms with Gasteiger partial charge in [-0.3, -0.25) is 10.1 Å². The van der Waals surface area contributed by atoms with Gasteiger partial charge in [-0.05, 0) is 6.42 Å². The third-order valence-corrected chi connectivity index (χ3v) is 2.47. The molecule has 4 nitrogen and oxygen atoms in total. The summed E-state index contributed by atoms with van der Waals surface area (Å²) >= 11 is 0. The van der Waals surface area contributed by atoms with Crippen LogP contribution in [-0.4, -0.2) is 49.7 Å². The Hall–Kier alpha value is -1.05. The van der Waals surface area contributed by atoms with Crippen LogP contribution in [0, 0.1) is 12.3 Å². The van der Waals surface area contributed by atoms with Gasteiger partial charge >= 0.3 is 0 Å². The molecule has 1 amide bonds. The predicted octanol–water partition coefficient (Wildman–Crippen LogP) is -0.153. The van der Waals surface area contributed by atoms with Crippen LogP contribution in [0.15, 0.2) is 0 Å². The maximum absolute atomic E-state index is 11.7. The van der Waals surface area contributed by atoms with Crippen LogP contribution < -0.4 is 5.32 Å². The van der Waals surface area contributed by atoms with Gasteiger partial charge in [-0.25, -0.2) is 0 Å². The summed E-state index contributed by atoms with van der Waals surface area (Å²) < 4.78 is 5.17. The molecule has 15 heavy (non-hydrogen) atoms. The lowest BCUT2D eigenvalue weighted by molar-refractivity contribution is -0.134. The first-order valence-electron chi connectivity index (χ1n) is 5.33. The molecule has 1 fully saturated rings. The summed E-state index contributed by atoms with van der Waals surface area (Å²) in [6.07, 6.45) is 6.13. The van der Waals surface area contributed by atoms with Crippen molar-refractivity contribution in [2.75, 3.05) is 32.8 Å². The van der Waals surface area contributed by atoms with E-state index in [2.05, 4.69) is 11.2 Å². The highest BCUT2D eigenvalue weighted by Gasteiger charge is 2.16. The van der Waals surface area contributed by atoms with Crippen LogP contribution in [0.25, 0.3) is 0 Å². The summed E-state index contributed by atoms with van der Waals surface area (Å²) in [5, 5.41) is 3.05. The van der Waals surface area contributed by atoms with E-state index in [9.17, 15) is 4.79 Å². The molecule has 0 aliphatic carbocycles. The second-order valence-electron chi connectivity index (χ2n) is 3.50. The molecule has 4 heteroatoms. The second kappa shape index (κ2) is 6.44. The van der Waals surface area contributed by atoms with Crippen LogP contribution in [0.5, 0.6) is 0 Å². The largest absolute Gasteiger partial charge is 0.378 e. The standard InChI is InChI=1S/C11H18N2O2/c1-3-10(4-2)12-9-11(14)13-5-7-15-8-6-13/h1,10,12H,4-9H2,2H3. The van der Waals surface area contributed by atoms with Gasteiger partial charge in [0.25, 0.3) is 0 Å². The van der Waals surface area contributed by atoms with Gasteiger partial charge < -0.3 is 9.64 Å². The fraction of sp³-hybridized carbons (Fsp3) is 0.727. The monoisotopic (exact) mass is 210 g/mol. The minimum absolute atomic E-state index is 0.00464. The maximum atomic E-state index is 11.7. The number of terminal acetylenes is 1. The zero-order chi connectivity index (χ0) is 11.1. The molecule has 0 radical (unpaired) electrons. The Kier molecular flexibility index (Phi) is 5.16. The Bertz CT molecular complexity index is 241. The lowest BCUT2D eigenvalue weighted by Gasteiger charge is -2.27. The molecule has 1 atom stereocenters. The molecule has 0 saturated carbocycles. The van der Waals surface area contributed by atoms with Crippen molar-refractivity contribution < 1.29 is 9.53 Å². The van der Waals surface area contributed by atoms with E-state index in [1.54, 1.807) is 4.90 Å². The van der Waals surface area contributed by atoms with Crippen LogP contribution in [0.4, 0.5) is 0 Å². The third-order valence-electron chi connectivity index (χ3n) is 2.47. The molecule has 1 saturated heterocycles. The highest BCUT2D eigenvalue weighted by atomic mass is 16.5. The van der Waals surface area contributed by atoms with E-state index in [0.717, 1.165) is 6.42 Å². The van der Waals surface area contributed by atoms with Crippen molar-refractivity contribution in [3.05, 3.63) is 0 Å². The zero-order valence-electron chi connectivity index (χ0n) is 9.16. The van der Waals surface area contributed by atoms with Gasteiger partial charge in [0.2, 0.25) is 5.91 Å². The highest BCUT2D eigenvalue weighted by Crippen LogP contribution is 1.97. The van der Waals surface area contributed by atoms with Gasteiger partial charge in [0.15, 0.2) is 0 Å². The van der Waals surface area contributed by atoms with Crippen molar-refractivity contribution in [3.63, 3.8) is 0 Å². The molecule has 1 N–H and O–H groups in total. The molecular weight excluding hydrogens is 192 g/mol. The number of ether oxygens (including phenoxy) is 1. The van der Waals surface area contributed by atoms with Gasteiger partial charge in [-0.2, -0.15) is 0 Å². The third kappa shape index (κ3) is 3.90. The van der Waals surface area contributed by atoms with E-state index in [1.165, 1.54) is 0 Å². The second-order valence-corrected chi connectivity index (χ2v) is 3.50. The molecule has 0 aromatic heterocycles. The van der Waals surface area contributed by atoms with Gasteiger partial charge in [0, 0.05) is 13.1 Å². The van der Waals surface area contributed by atoms with Crippen LogP contribution >= 0.6 is 0 Å². The first-order valence-corrected chi connectivity index (χ1v) is 5.33. The van der Waals surface area contributed by atoms with Gasteiger partial charge in [0.1, 0.15) is 0 Å². The lowest BCUT2D eigenvalue weighted by Crippen LogP contribution is -2.46. The number of hydrogen-bond donors (Lipinski definition) is 1. The van der Waals surface area contributed by atoms with Crippen molar-refractivity contribution in [2.24, 2.45) is 0 Å². The van der Waals surface area contributed by atoms with Crippen molar-refractivity contribution in [1.29, 1.82) is 0 Å². The van der Waals surface area contributed by atoms with Crippen LogP contribution in [-0.2, 0) is 9.53 Å². The molecule has 1 rings (SSSR count). The average Bonchev–Trinajstić information content (AvgIpc) is 2.31. The lowest BCUT2D eigenvalue weighted by atomic mass is 10.2. The zero-order valence-corrected chi connectivity index (χ0v) is 9.16. The summed E-state index contributed by atoms with van der Waals surface area (Å²) in [5.41, 5.74) is 0. The number of carbonyl (C=O) groups excluding carboxylic acids is 1. The minimum atomic E-state index is -0.00464. The number of morpholine rings is 1. The number of nitrogens with zero attached hydrogens (tertiary/aromatic N) is 1. The maximum Gasteiger partial charge on any atom is 0.236 e. The normalized spacial score (nSPS) is 18.3. The SMILES string of the molecule is C#CC(CC)NCC(=O)N1CCOCC1. The van der Waals surface area contributed by atoms with Gasteiger partial charge in [-0.15, -0.1) is 6.42 Å². The summed E-state index contributed by atoms with van der Waals surface area (Å²) in [5.74, 6) is 2.71. The topological polar surface area (TPSA) is 41.6 Å². The molecule has 1 aliphatic rings. The Morgan fingerprint density at radius 1 is 1.60 bits per heavy atom. The number of nitrogens with one attached hydrogen (secondary N) is 1. The molecular formula is C11H18N2O2. The van der Waals surface area contributed by atoms with E-state index in [0.29, 0.717) is 32.8 Å². The van der Waals surface area contributed by atoms with Crippen molar-refractivity contribution in [2.45, 2.75) is 19.4 Å². The minimum Gasteiger partial charge on any atom is -0.378 e. The van der Waals surface area contributed by atoms with E-state index in [1.807, 2.05) is 6.92 Å². The molecule has 1 heterocycles. The predicted molar refractivity (Wildman–Crippen MR) is 58.3 cm³/mol. The average molecular weight is 210 g/mol. The summed E-state index contributed by atoms with van der Waals surface area (Å²) in [7, 11) is 0. The fourth-order valence-corrected chi connectivity index (χ4v) is 1.46. The van der Waals surface area contributed by atoms with E-state index < -0.39 is 0 Å². The molecule has 84 valence electrons. The van der Waals surface area contributed by atoms with Gasteiger partial charge in [0.05, 0.1) is 25.8 Å². The number of amides is 1. The summed E-state index contributed by atoms with van der Waals surface area (Å²) in [6, 6.07) is -0.00464. The molecule has 1 unspecified atom stereocenters. The Morgan fingerprint density at radius 2 is 2.27 bits per heavy atom. The number of carbonyl (C=O) groups is 1. The fourth-order valence-electron chi connectivity index (χ4n) is 1.46. The molecule has 0 aromatic carbocycles. The van der Waals surface area contributed by atoms with E-state index in [-0.39, 0.29) is 11.9 Å². The molecule has 0 bridgehead atoms. The van der Waals surface area contributed by atoms with E-state index in [4.69, 9.17) is 11.2 Å². The summed E-state index contributed by atoms with van der Waals surface area (Å²) in [6.45, 7) is 4.97. The highest BCUT2D eigenvalue weighted by molar-refractivity contribution is 5.78. The van der Waals surface area contributed by atoms with Crippen LogP contribution in [0.1, 0.15) is 13.3 Å². The van der Waals surface area contributed by atoms with Crippen LogP contribution in [0.2, 0.25) is 0 Å². The number of rotatable bonds is 4. The van der Waals surface area contributed by atoms with Crippen molar-refractivity contribution >= 4 is 5.91 Å².